The zero-order valence-corrected chi connectivity index (χ0v) is 12.8. The molecule has 1 aliphatic heterocycles. The number of nitrogens with one attached hydrogen (secondary N) is 1. The number of nitrogens with zero attached hydrogens (tertiary/aromatic N) is 2. The zero-order valence-electron chi connectivity index (χ0n) is 12.0. The minimum atomic E-state index is -3.50. The summed E-state index contributed by atoms with van der Waals surface area (Å²) < 4.78 is 27.7. The number of rotatable bonds is 2. The van der Waals surface area contributed by atoms with Crippen molar-refractivity contribution in [1.29, 1.82) is 0 Å². The maximum absolute atomic E-state index is 13.0. The van der Waals surface area contributed by atoms with Gasteiger partial charge in [0.05, 0.1) is 4.90 Å². The SMILES string of the molecule is CC1CCNCCN1S(=O)(=O)c1cccc2cnccc12. The lowest BCUT2D eigenvalue weighted by molar-refractivity contribution is 0.350. The summed E-state index contributed by atoms with van der Waals surface area (Å²) >= 11 is 0. The molecule has 1 fully saturated rings. The fourth-order valence-corrected chi connectivity index (χ4v) is 4.67. The molecule has 2 heterocycles. The predicted octanol–water partition coefficient (Wildman–Crippen LogP) is 1.61. The van der Waals surface area contributed by atoms with Crippen molar-refractivity contribution in [3.8, 4) is 0 Å². The predicted molar refractivity (Wildman–Crippen MR) is 82.6 cm³/mol. The summed E-state index contributed by atoms with van der Waals surface area (Å²) in [6.45, 7) is 4.02. The van der Waals surface area contributed by atoms with E-state index in [0.29, 0.717) is 18.0 Å². The number of benzene rings is 1. The van der Waals surface area contributed by atoms with Crippen LogP contribution in [0.25, 0.3) is 10.8 Å². The molecule has 1 N–H and O–H groups in total. The van der Waals surface area contributed by atoms with E-state index in [1.54, 1.807) is 34.9 Å². The third kappa shape index (κ3) is 2.66. The van der Waals surface area contributed by atoms with Gasteiger partial charge in [-0.3, -0.25) is 4.98 Å². The van der Waals surface area contributed by atoms with Gasteiger partial charge in [-0.25, -0.2) is 8.42 Å². The first-order chi connectivity index (χ1) is 10.1. The van der Waals surface area contributed by atoms with E-state index in [-0.39, 0.29) is 6.04 Å². The van der Waals surface area contributed by atoms with Crippen LogP contribution in [-0.2, 0) is 10.0 Å². The first-order valence-corrected chi connectivity index (χ1v) is 8.60. The molecule has 1 saturated heterocycles. The Bertz CT molecular complexity index is 740. The van der Waals surface area contributed by atoms with Gasteiger partial charge in [0.1, 0.15) is 0 Å². The largest absolute Gasteiger partial charge is 0.315 e. The van der Waals surface area contributed by atoms with Crippen LogP contribution < -0.4 is 5.32 Å². The molecular formula is C15H19N3O2S. The van der Waals surface area contributed by atoms with Crippen LogP contribution in [0.5, 0.6) is 0 Å². The summed E-state index contributed by atoms with van der Waals surface area (Å²) in [4.78, 5) is 4.43. The molecule has 3 rings (SSSR count). The van der Waals surface area contributed by atoms with E-state index >= 15 is 0 Å². The first kappa shape index (κ1) is 14.4. The second-order valence-corrected chi connectivity index (χ2v) is 7.22. The highest BCUT2D eigenvalue weighted by Gasteiger charge is 2.30. The Morgan fingerprint density at radius 2 is 2.14 bits per heavy atom. The van der Waals surface area contributed by atoms with E-state index in [1.165, 1.54) is 0 Å². The molecule has 5 nitrogen and oxygen atoms in total. The molecule has 0 bridgehead atoms. The van der Waals surface area contributed by atoms with E-state index in [9.17, 15) is 8.42 Å². The van der Waals surface area contributed by atoms with Gasteiger partial charge < -0.3 is 5.32 Å². The average Bonchev–Trinajstić information content (AvgIpc) is 2.71. The Kier molecular flexibility index (Phi) is 3.93. The van der Waals surface area contributed by atoms with Crippen molar-refractivity contribution in [2.24, 2.45) is 0 Å². The fraction of sp³-hybridized carbons (Fsp3) is 0.400. The van der Waals surface area contributed by atoms with Gasteiger partial charge in [0.15, 0.2) is 0 Å². The van der Waals surface area contributed by atoms with Gasteiger partial charge in [-0.15, -0.1) is 0 Å². The molecule has 21 heavy (non-hydrogen) atoms. The van der Waals surface area contributed by atoms with Crippen LogP contribution in [0.15, 0.2) is 41.6 Å². The van der Waals surface area contributed by atoms with Crippen LogP contribution in [-0.4, -0.2) is 43.4 Å². The van der Waals surface area contributed by atoms with Gasteiger partial charge in [-0.05, 0) is 32.0 Å². The van der Waals surface area contributed by atoms with Gasteiger partial charge in [0.2, 0.25) is 10.0 Å². The molecule has 6 heteroatoms. The minimum absolute atomic E-state index is 0.00194. The Labute approximate surface area is 125 Å². The number of pyridine rings is 1. The van der Waals surface area contributed by atoms with Crippen molar-refractivity contribution < 1.29 is 8.42 Å². The monoisotopic (exact) mass is 305 g/mol. The van der Waals surface area contributed by atoms with Crippen LogP contribution >= 0.6 is 0 Å². The third-order valence-corrected chi connectivity index (χ3v) is 6.04. The molecule has 0 spiro atoms. The van der Waals surface area contributed by atoms with Crippen LogP contribution in [0.2, 0.25) is 0 Å². The van der Waals surface area contributed by atoms with Crippen molar-refractivity contribution in [2.75, 3.05) is 19.6 Å². The molecule has 0 saturated carbocycles. The number of sulfonamides is 1. The molecule has 0 amide bonds. The van der Waals surface area contributed by atoms with Crippen LogP contribution in [0.3, 0.4) is 0 Å². The summed E-state index contributed by atoms with van der Waals surface area (Å²) in [5.41, 5.74) is 0. The standard InChI is InChI=1S/C15H19N3O2S/c1-12-5-7-16-9-10-18(12)21(19,20)15-4-2-3-13-11-17-8-6-14(13)15/h2-4,6,8,11-12,16H,5,7,9-10H2,1H3. The van der Waals surface area contributed by atoms with Crippen LogP contribution in [0, 0.1) is 0 Å². The van der Waals surface area contributed by atoms with E-state index < -0.39 is 10.0 Å². The fourth-order valence-electron chi connectivity index (χ4n) is 2.79. The molecule has 2 aromatic rings. The summed E-state index contributed by atoms with van der Waals surface area (Å²) in [6.07, 6.45) is 4.15. The molecular weight excluding hydrogens is 286 g/mol. The molecule has 1 aromatic carbocycles. The normalized spacial score (nSPS) is 21.3. The van der Waals surface area contributed by atoms with Crippen LogP contribution in [0.1, 0.15) is 13.3 Å². The Hall–Kier alpha value is -1.50. The van der Waals surface area contributed by atoms with Crippen molar-refractivity contribution in [3.63, 3.8) is 0 Å². The van der Waals surface area contributed by atoms with Crippen molar-refractivity contribution >= 4 is 20.8 Å². The molecule has 1 unspecified atom stereocenters. The number of hydrogen-bond donors (Lipinski definition) is 1. The molecule has 0 radical (unpaired) electrons. The third-order valence-electron chi connectivity index (χ3n) is 3.97. The highest BCUT2D eigenvalue weighted by molar-refractivity contribution is 7.89. The summed E-state index contributed by atoms with van der Waals surface area (Å²) in [7, 11) is -3.50. The minimum Gasteiger partial charge on any atom is -0.315 e. The molecule has 1 aromatic heterocycles. The quantitative estimate of drug-likeness (QED) is 0.915. The van der Waals surface area contributed by atoms with Gasteiger partial charge in [0, 0.05) is 42.3 Å². The highest BCUT2D eigenvalue weighted by atomic mass is 32.2. The Morgan fingerprint density at radius 3 is 3.00 bits per heavy atom. The van der Waals surface area contributed by atoms with Crippen molar-refractivity contribution in [2.45, 2.75) is 24.3 Å². The lowest BCUT2D eigenvalue weighted by Crippen LogP contribution is -2.39. The highest BCUT2D eigenvalue weighted by Crippen LogP contribution is 2.27. The maximum Gasteiger partial charge on any atom is 0.243 e. The molecule has 1 atom stereocenters. The Morgan fingerprint density at radius 1 is 1.29 bits per heavy atom. The van der Waals surface area contributed by atoms with Gasteiger partial charge >= 0.3 is 0 Å². The Balaban J connectivity index is 2.11. The average molecular weight is 305 g/mol. The number of hydrogen-bond acceptors (Lipinski definition) is 4. The van der Waals surface area contributed by atoms with Gasteiger partial charge in [0.25, 0.3) is 0 Å². The number of fused-ring (bicyclic) bond motifs is 1. The summed E-state index contributed by atoms with van der Waals surface area (Å²) in [5.74, 6) is 0. The first-order valence-electron chi connectivity index (χ1n) is 7.16. The van der Waals surface area contributed by atoms with E-state index in [1.807, 2.05) is 13.0 Å². The smallest absolute Gasteiger partial charge is 0.243 e. The lowest BCUT2D eigenvalue weighted by atomic mass is 10.2. The second-order valence-electron chi connectivity index (χ2n) is 5.36. The topological polar surface area (TPSA) is 62.3 Å². The van der Waals surface area contributed by atoms with E-state index in [4.69, 9.17) is 0 Å². The van der Waals surface area contributed by atoms with Crippen molar-refractivity contribution in [3.05, 3.63) is 36.7 Å². The number of aromatic nitrogens is 1. The summed E-state index contributed by atoms with van der Waals surface area (Å²) in [6, 6.07) is 7.11. The molecule has 1 aliphatic rings. The van der Waals surface area contributed by atoms with E-state index in [0.717, 1.165) is 23.7 Å². The lowest BCUT2D eigenvalue weighted by Gasteiger charge is -2.26. The summed E-state index contributed by atoms with van der Waals surface area (Å²) in [5, 5.41) is 4.83. The second kappa shape index (κ2) is 5.71. The van der Waals surface area contributed by atoms with Gasteiger partial charge in [-0.2, -0.15) is 4.31 Å². The maximum atomic E-state index is 13.0. The molecule has 112 valence electrons. The zero-order chi connectivity index (χ0) is 14.9. The van der Waals surface area contributed by atoms with Gasteiger partial charge in [-0.1, -0.05) is 12.1 Å². The van der Waals surface area contributed by atoms with E-state index in [2.05, 4.69) is 10.3 Å². The van der Waals surface area contributed by atoms with Crippen LogP contribution in [0.4, 0.5) is 0 Å². The van der Waals surface area contributed by atoms with Crippen molar-refractivity contribution in [1.82, 2.24) is 14.6 Å². The molecule has 0 aliphatic carbocycles.